The molecule has 0 bridgehead atoms. The number of benzene rings is 4. The molecular formula is C39H41N3O5. The molecule has 3 aliphatic heterocycles. The Morgan fingerprint density at radius 1 is 0.638 bits per heavy atom. The van der Waals surface area contributed by atoms with Crippen LogP contribution in [0, 0.1) is 5.92 Å². The molecule has 242 valence electrons. The minimum Gasteiger partial charge on any atom is -0.392 e. The number of piperazine rings is 1. The highest BCUT2D eigenvalue weighted by molar-refractivity contribution is 6.21. The van der Waals surface area contributed by atoms with Gasteiger partial charge >= 0.3 is 0 Å². The number of ether oxygens (including phenoxy) is 2. The Labute approximate surface area is 276 Å². The molecule has 4 aromatic rings. The summed E-state index contributed by atoms with van der Waals surface area (Å²) < 4.78 is 13.4. The fourth-order valence-electron chi connectivity index (χ4n) is 6.90. The molecule has 4 aromatic carbocycles. The SMILES string of the molecule is C[C@@H]1[C@H](CN2CCN(Cc3ccccc3)CC2)O[C@H](c2ccc(CN3C(=O)c4ccccc4C3=O)cc2)O[C@@H]1c1ccc(CO)cc1. The number of nitrogens with zero attached hydrogens (tertiary/aromatic N) is 3. The zero-order valence-electron chi connectivity index (χ0n) is 26.7. The summed E-state index contributed by atoms with van der Waals surface area (Å²) in [7, 11) is 0. The normalized spacial score (nSPS) is 23.7. The monoisotopic (exact) mass is 631 g/mol. The van der Waals surface area contributed by atoms with Crippen LogP contribution in [0.3, 0.4) is 0 Å². The van der Waals surface area contributed by atoms with Crippen molar-refractivity contribution in [1.29, 1.82) is 0 Å². The maximum Gasteiger partial charge on any atom is 0.261 e. The van der Waals surface area contributed by atoms with E-state index in [0.717, 1.165) is 61.5 Å². The fourth-order valence-corrected chi connectivity index (χ4v) is 6.90. The van der Waals surface area contributed by atoms with Crippen LogP contribution in [-0.4, -0.2) is 70.4 Å². The van der Waals surface area contributed by atoms with Crippen LogP contribution >= 0.6 is 0 Å². The lowest BCUT2D eigenvalue weighted by molar-refractivity contribution is -0.276. The Bertz CT molecular complexity index is 1650. The van der Waals surface area contributed by atoms with Crippen molar-refractivity contribution in [2.45, 2.75) is 45.1 Å². The van der Waals surface area contributed by atoms with Gasteiger partial charge in [0, 0.05) is 50.7 Å². The number of aliphatic hydroxyl groups is 1. The van der Waals surface area contributed by atoms with Crippen molar-refractivity contribution >= 4 is 11.8 Å². The van der Waals surface area contributed by atoms with E-state index in [4.69, 9.17) is 9.47 Å². The van der Waals surface area contributed by atoms with Crippen molar-refractivity contribution < 1.29 is 24.2 Å². The third kappa shape index (κ3) is 6.79. The van der Waals surface area contributed by atoms with E-state index in [1.54, 1.807) is 24.3 Å². The van der Waals surface area contributed by atoms with Crippen molar-refractivity contribution in [2.24, 2.45) is 5.92 Å². The van der Waals surface area contributed by atoms with E-state index < -0.39 is 6.29 Å². The Morgan fingerprint density at radius 2 is 1.19 bits per heavy atom. The molecule has 0 aromatic heterocycles. The molecule has 3 aliphatic rings. The minimum absolute atomic E-state index is 0.000964. The van der Waals surface area contributed by atoms with E-state index >= 15 is 0 Å². The number of amides is 2. The van der Waals surface area contributed by atoms with Crippen molar-refractivity contribution in [3.63, 3.8) is 0 Å². The fraction of sp³-hybridized carbons (Fsp3) is 0.333. The van der Waals surface area contributed by atoms with Gasteiger partial charge in [-0.15, -0.1) is 0 Å². The average Bonchev–Trinajstić information content (AvgIpc) is 3.35. The summed E-state index contributed by atoms with van der Waals surface area (Å²) in [5.74, 6) is -0.426. The molecule has 8 nitrogen and oxygen atoms in total. The molecule has 0 saturated carbocycles. The number of carbonyl (C=O) groups is 2. The molecule has 4 atom stereocenters. The highest BCUT2D eigenvalue weighted by atomic mass is 16.7. The van der Waals surface area contributed by atoms with E-state index in [2.05, 4.69) is 47.1 Å². The second kappa shape index (κ2) is 13.9. The lowest BCUT2D eigenvalue weighted by Crippen LogP contribution is -2.51. The lowest BCUT2D eigenvalue weighted by Gasteiger charge is -2.44. The smallest absolute Gasteiger partial charge is 0.261 e. The van der Waals surface area contributed by atoms with Crippen LogP contribution < -0.4 is 0 Å². The largest absolute Gasteiger partial charge is 0.392 e. The maximum absolute atomic E-state index is 12.9. The number of hydrogen-bond donors (Lipinski definition) is 1. The van der Waals surface area contributed by atoms with Gasteiger partial charge in [-0.2, -0.15) is 0 Å². The third-order valence-corrected chi connectivity index (χ3v) is 9.75. The van der Waals surface area contributed by atoms with E-state index in [0.29, 0.717) is 11.1 Å². The van der Waals surface area contributed by atoms with Gasteiger partial charge in [-0.05, 0) is 34.4 Å². The number of rotatable bonds is 9. The average molecular weight is 632 g/mol. The molecule has 2 amide bonds. The number of fused-ring (bicyclic) bond motifs is 1. The first-order chi connectivity index (χ1) is 23.0. The van der Waals surface area contributed by atoms with Crippen LogP contribution in [0.25, 0.3) is 0 Å². The summed E-state index contributed by atoms with van der Waals surface area (Å²) >= 11 is 0. The molecule has 47 heavy (non-hydrogen) atoms. The van der Waals surface area contributed by atoms with Crippen molar-refractivity contribution in [2.75, 3.05) is 32.7 Å². The maximum atomic E-state index is 12.9. The Balaban J connectivity index is 1.05. The van der Waals surface area contributed by atoms with E-state index in [9.17, 15) is 14.7 Å². The molecule has 7 rings (SSSR count). The lowest BCUT2D eigenvalue weighted by atomic mass is 9.90. The number of imide groups is 1. The first-order valence-corrected chi connectivity index (χ1v) is 16.5. The number of aliphatic hydroxyl groups excluding tert-OH is 1. The second-order valence-electron chi connectivity index (χ2n) is 12.9. The van der Waals surface area contributed by atoms with Gasteiger partial charge in [0.15, 0.2) is 6.29 Å². The molecule has 3 heterocycles. The van der Waals surface area contributed by atoms with Crippen LogP contribution in [-0.2, 0) is 29.2 Å². The van der Waals surface area contributed by atoms with Crippen LogP contribution in [0.4, 0.5) is 0 Å². The standard InChI is InChI=1S/C39H41N3O5/c1-27-35(25-41-21-19-40(20-22-41)23-28-7-3-2-4-8-28)46-39(47-36(27)31-15-13-30(26-43)14-16-31)32-17-11-29(12-18-32)24-42-37(44)33-9-5-6-10-34(33)38(42)45/h2-18,27,35-36,39,43H,19-26H2,1H3/t27-,35+,36+,39+/m1/s1. The predicted molar refractivity (Wildman–Crippen MR) is 178 cm³/mol. The van der Waals surface area contributed by atoms with Gasteiger partial charge in [0.1, 0.15) is 0 Å². The highest BCUT2D eigenvalue weighted by Gasteiger charge is 2.40. The predicted octanol–water partition coefficient (Wildman–Crippen LogP) is 5.58. The van der Waals surface area contributed by atoms with Crippen LogP contribution in [0.1, 0.15) is 67.9 Å². The molecule has 0 radical (unpaired) electrons. The van der Waals surface area contributed by atoms with Crippen molar-refractivity contribution in [3.05, 3.63) is 142 Å². The summed E-state index contributed by atoms with van der Waals surface area (Å²) in [4.78, 5) is 32.1. The summed E-state index contributed by atoms with van der Waals surface area (Å²) in [6, 6.07) is 33.4. The van der Waals surface area contributed by atoms with E-state index in [1.807, 2.05) is 48.5 Å². The zero-order valence-corrected chi connectivity index (χ0v) is 26.7. The Morgan fingerprint density at radius 3 is 1.83 bits per heavy atom. The summed E-state index contributed by atoms with van der Waals surface area (Å²) in [6.45, 7) is 8.16. The highest BCUT2D eigenvalue weighted by Crippen LogP contribution is 2.42. The summed E-state index contributed by atoms with van der Waals surface area (Å²) in [5.41, 5.74) is 5.91. The molecule has 8 heteroatoms. The minimum atomic E-state index is -0.577. The van der Waals surface area contributed by atoms with Crippen molar-refractivity contribution in [1.82, 2.24) is 14.7 Å². The second-order valence-corrected chi connectivity index (χ2v) is 12.9. The van der Waals surface area contributed by atoms with Gasteiger partial charge in [-0.25, -0.2) is 0 Å². The molecule has 2 fully saturated rings. The Hall–Kier alpha value is -4.18. The van der Waals surface area contributed by atoms with Gasteiger partial charge in [0.25, 0.3) is 11.8 Å². The Kier molecular flexibility index (Phi) is 9.29. The molecule has 0 spiro atoms. The van der Waals surface area contributed by atoms with Crippen LogP contribution in [0.5, 0.6) is 0 Å². The quantitative estimate of drug-likeness (QED) is 0.242. The van der Waals surface area contributed by atoms with Crippen LogP contribution in [0.2, 0.25) is 0 Å². The number of carbonyl (C=O) groups excluding carboxylic acids is 2. The van der Waals surface area contributed by atoms with Crippen molar-refractivity contribution in [3.8, 4) is 0 Å². The molecular weight excluding hydrogens is 590 g/mol. The van der Waals surface area contributed by atoms with Gasteiger partial charge < -0.3 is 14.6 Å². The van der Waals surface area contributed by atoms with Gasteiger partial charge in [-0.1, -0.05) is 97.9 Å². The molecule has 2 saturated heterocycles. The summed E-state index contributed by atoms with van der Waals surface area (Å²) in [5, 5.41) is 9.59. The third-order valence-electron chi connectivity index (χ3n) is 9.75. The van der Waals surface area contributed by atoms with Crippen LogP contribution in [0.15, 0.2) is 103 Å². The van der Waals surface area contributed by atoms with Gasteiger partial charge in [-0.3, -0.25) is 24.3 Å². The first kappa shape index (κ1) is 31.4. The zero-order chi connectivity index (χ0) is 32.3. The molecule has 0 aliphatic carbocycles. The van der Waals surface area contributed by atoms with E-state index in [-0.39, 0.29) is 43.1 Å². The summed E-state index contributed by atoms with van der Waals surface area (Å²) in [6.07, 6.45) is -0.828. The van der Waals surface area contributed by atoms with Gasteiger partial charge in [0.2, 0.25) is 0 Å². The molecule has 1 N–H and O–H groups in total. The van der Waals surface area contributed by atoms with E-state index in [1.165, 1.54) is 10.5 Å². The molecule has 0 unspecified atom stereocenters. The topological polar surface area (TPSA) is 82.6 Å². The first-order valence-electron chi connectivity index (χ1n) is 16.5. The van der Waals surface area contributed by atoms with Gasteiger partial charge in [0.05, 0.1) is 36.5 Å². The number of hydrogen-bond acceptors (Lipinski definition) is 7.